The van der Waals surface area contributed by atoms with Crippen LogP contribution in [0.1, 0.15) is 12.8 Å². The molecule has 1 aromatic heterocycles. The van der Waals surface area contributed by atoms with Gasteiger partial charge in [0.1, 0.15) is 5.82 Å². The van der Waals surface area contributed by atoms with Crippen molar-refractivity contribution in [3.05, 3.63) is 30.1 Å². The van der Waals surface area contributed by atoms with E-state index in [-0.39, 0.29) is 40.4 Å². The normalized spacial score (nSPS) is 17.5. The molecule has 1 fully saturated rings. The average Bonchev–Trinajstić information content (AvgIpc) is 3.09. The summed E-state index contributed by atoms with van der Waals surface area (Å²) in [6.45, 7) is 0.979. The third kappa shape index (κ3) is 4.36. The molecule has 1 unspecified atom stereocenters. The Kier molecular flexibility index (Phi) is 5.32. The number of halogens is 1. The zero-order valence-corrected chi connectivity index (χ0v) is 14.2. The van der Waals surface area contributed by atoms with Crippen LogP contribution >= 0.6 is 11.8 Å². The van der Waals surface area contributed by atoms with Gasteiger partial charge in [-0.3, -0.25) is 9.59 Å². The first kappa shape index (κ1) is 17.4. The largest absolute Gasteiger partial charge is 0.411 e. The number of piperidine rings is 1. The molecule has 3 rings (SSSR count). The number of nitrogens with zero attached hydrogens (tertiary/aromatic N) is 3. The topological polar surface area (TPSA) is 102 Å². The quantitative estimate of drug-likeness (QED) is 0.810. The minimum Gasteiger partial charge on any atom is -0.411 e. The van der Waals surface area contributed by atoms with Crippen LogP contribution in [-0.2, 0) is 9.59 Å². The number of benzene rings is 1. The Morgan fingerprint density at radius 1 is 1.32 bits per heavy atom. The van der Waals surface area contributed by atoms with Gasteiger partial charge in [0.25, 0.3) is 5.22 Å². The average molecular weight is 364 g/mol. The van der Waals surface area contributed by atoms with Gasteiger partial charge >= 0.3 is 0 Å². The summed E-state index contributed by atoms with van der Waals surface area (Å²) in [6.07, 6.45) is 1.48. The third-order valence-corrected chi connectivity index (χ3v) is 4.80. The number of primary amides is 1. The molecule has 1 aliphatic rings. The summed E-state index contributed by atoms with van der Waals surface area (Å²) >= 11 is 1.13. The minimum atomic E-state index is -0.369. The summed E-state index contributed by atoms with van der Waals surface area (Å²) in [5.74, 6) is -0.697. The van der Waals surface area contributed by atoms with E-state index in [2.05, 4.69) is 10.2 Å². The Morgan fingerprint density at radius 2 is 2.08 bits per heavy atom. The van der Waals surface area contributed by atoms with Crippen molar-refractivity contribution in [3.63, 3.8) is 0 Å². The van der Waals surface area contributed by atoms with E-state index in [0.717, 1.165) is 24.6 Å². The van der Waals surface area contributed by atoms with E-state index in [4.69, 9.17) is 10.2 Å². The second-order valence-electron chi connectivity index (χ2n) is 5.75. The molecule has 25 heavy (non-hydrogen) atoms. The molecule has 0 aliphatic carbocycles. The lowest BCUT2D eigenvalue weighted by Crippen LogP contribution is -2.44. The molecule has 9 heteroatoms. The molecule has 0 bridgehead atoms. The number of nitrogens with two attached hydrogens (primary N) is 1. The van der Waals surface area contributed by atoms with E-state index in [1.54, 1.807) is 17.0 Å². The molecule has 0 spiro atoms. The van der Waals surface area contributed by atoms with Crippen molar-refractivity contribution in [1.82, 2.24) is 15.1 Å². The van der Waals surface area contributed by atoms with Crippen molar-refractivity contribution < 1.29 is 18.4 Å². The van der Waals surface area contributed by atoms with Crippen LogP contribution in [0.25, 0.3) is 11.5 Å². The number of aromatic nitrogens is 2. The number of carbonyl (C=O) groups is 2. The number of amides is 2. The molecule has 7 nitrogen and oxygen atoms in total. The van der Waals surface area contributed by atoms with Crippen LogP contribution in [0, 0.1) is 11.7 Å². The van der Waals surface area contributed by atoms with E-state index < -0.39 is 0 Å². The van der Waals surface area contributed by atoms with Crippen molar-refractivity contribution in [3.8, 4) is 11.5 Å². The van der Waals surface area contributed by atoms with Gasteiger partial charge in [0, 0.05) is 18.7 Å². The predicted molar refractivity (Wildman–Crippen MR) is 88.9 cm³/mol. The molecule has 1 atom stereocenters. The number of rotatable bonds is 5. The minimum absolute atomic E-state index is 0.0996. The van der Waals surface area contributed by atoms with Crippen LogP contribution in [0.3, 0.4) is 0 Å². The Bertz CT molecular complexity index is 765. The number of thioether (sulfide) groups is 1. The van der Waals surface area contributed by atoms with Crippen LogP contribution in [-0.4, -0.2) is 45.8 Å². The molecule has 0 radical (unpaired) electrons. The van der Waals surface area contributed by atoms with Crippen molar-refractivity contribution in [2.45, 2.75) is 18.1 Å². The van der Waals surface area contributed by atoms with E-state index in [9.17, 15) is 14.0 Å². The van der Waals surface area contributed by atoms with E-state index >= 15 is 0 Å². The Labute approximate surface area is 147 Å². The molecule has 1 aliphatic heterocycles. The molecule has 1 saturated heterocycles. The first-order valence-corrected chi connectivity index (χ1v) is 8.81. The van der Waals surface area contributed by atoms with Crippen LogP contribution < -0.4 is 5.73 Å². The Balaban J connectivity index is 1.56. The molecular weight excluding hydrogens is 347 g/mol. The highest BCUT2D eigenvalue weighted by atomic mass is 32.2. The van der Waals surface area contributed by atoms with E-state index in [1.165, 1.54) is 12.1 Å². The molecule has 2 heterocycles. The molecule has 132 valence electrons. The molecule has 1 aromatic carbocycles. The lowest BCUT2D eigenvalue weighted by Gasteiger charge is -2.31. The molecule has 2 amide bonds. The fourth-order valence-electron chi connectivity index (χ4n) is 2.63. The molecule has 2 N–H and O–H groups in total. The second-order valence-corrected chi connectivity index (χ2v) is 6.68. The monoisotopic (exact) mass is 364 g/mol. The number of carbonyl (C=O) groups excluding carboxylic acids is 2. The highest BCUT2D eigenvalue weighted by Crippen LogP contribution is 2.24. The van der Waals surface area contributed by atoms with Crippen molar-refractivity contribution in [2.24, 2.45) is 11.7 Å². The standard InChI is InChI=1S/C16H17FN4O3S/c17-12-5-3-10(4-6-12)15-19-20-16(24-15)25-9-13(22)21-7-1-2-11(8-21)14(18)23/h3-6,11H,1-2,7-9H2,(H2,18,23). The van der Waals surface area contributed by atoms with Crippen molar-refractivity contribution in [1.29, 1.82) is 0 Å². The summed E-state index contributed by atoms with van der Waals surface area (Å²) in [6, 6.07) is 5.70. The second kappa shape index (κ2) is 7.64. The molecular formula is C16H17FN4O3S. The maximum atomic E-state index is 12.9. The van der Waals surface area contributed by atoms with E-state index in [1.807, 2.05) is 0 Å². The first-order valence-electron chi connectivity index (χ1n) is 7.82. The van der Waals surface area contributed by atoms with Gasteiger partial charge in [0.15, 0.2) is 0 Å². The van der Waals surface area contributed by atoms with Gasteiger partial charge in [-0.05, 0) is 37.1 Å². The Morgan fingerprint density at radius 3 is 2.80 bits per heavy atom. The zero-order valence-electron chi connectivity index (χ0n) is 13.4. The lowest BCUT2D eigenvalue weighted by atomic mass is 9.97. The van der Waals surface area contributed by atoms with Crippen molar-refractivity contribution >= 4 is 23.6 Å². The predicted octanol–water partition coefficient (Wildman–Crippen LogP) is 1.69. The van der Waals surface area contributed by atoms with Gasteiger partial charge in [0.05, 0.1) is 11.7 Å². The molecule has 0 saturated carbocycles. The smallest absolute Gasteiger partial charge is 0.277 e. The van der Waals surface area contributed by atoms with Gasteiger partial charge in [-0.25, -0.2) is 4.39 Å². The van der Waals surface area contributed by atoms with Crippen LogP contribution in [0.5, 0.6) is 0 Å². The maximum absolute atomic E-state index is 12.9. The number of hydrogen-bond acceptors (Lipinski definition) is 6. The molecule has 2 aromatic rings. The maximum Gasteiger partial charge on any atom is 0.277 e. The van der Waals surface area contributed by atoms with Gasteiger partial charge in [-0.2, -0.15) is 0 Å². The third-order valence-electron chi connectivity index (χ3n) is 3.99. The van der Waals surface area contributed by atoms with Gasteiger partial charge in [-0.15, -0.1) is 10.2 Å². The first-order chi connectivity index (χ1) is 12.0. The van der Waals surface area contributed by atoms with Gasteiger partial charge < -0.3 is 15.1 Å². The highest BCUT2D eigenvalue weighted by Gasteiger charge is 2.27. The Hall–Kier alpha value is -2.42. The van der Waals surface area contributed by atoms with Gasteiger partial charge in [-0.1, -0.05) is 11.8 Å². The fraction of sp³-hybridized carbons (Fsp3) is 0.375. The SMILES string of the molecule is NC(=O)C1CCCN(C(=O)CSc2nnc(-c3ccc(F)cc3)o2)C1. The number of hydrogen-bond donors (Lipinski definition) is 1. The van der Waals surface area contributed by atoms with Crippen LogP contribution in [0.15, 0.2) is 33.9 Å². The zero-order chi connectivity index (χ0) is 17.8. The van der Waals surface area contributed by atoms with Crippen LogP contribution in [0.4, 0.5) is 4.39 Å². The highest BCUT2D eigenvalue weighted by molar-refractivity contribution is 7.99. The lowest BCUT2D eigenvalue weighted by molar-refractivity contribution is -0.132. The van der Waals surface area contributed by atoms with Gasteiger partial charge in [0.2, 0.25) is 17.7 Å². The summed E-state index contributed by atoms with van der Waals surface area (Å²) in [5, 5.41) is 8.04. The number of likely N-dealkylation sites (tertiary alicyclic amines) is 1. The van der Waals surface area contributed by atoms with Crippen molar-refractivity contribution in [2.75, 3.05) is 18.8 Å². The summed E-state index contributed by atoms with van der Waals surface area (Å²) in [5.41, 5.74) is 5.93. The fourth-order valence-corrected chi connectivity index (χ4v) is 3.29. The summed E-state index contributed by atoms with van der Waals surface area (Å²) in [7, 11) is 0. The summed E-state index contributed by atoms with van der Waals surface area (Å²) in [4.78, 5) is 25.2. The van der Waals surface area contributed by atoms with Crippen LogP contribution in [0.2, 0.25) is 0 Å². The van der Waals surface area contributed by atoms with E-state index in [0.29, 0.717) is 18.7 Å². The summed E-state index contributed by atoms with van der Waals surface area (Å²) < 4.78 is 18.4.